The Bertz CT molecular complexity index is 1100. The molecule has 1 aliphatic heterocycles. The van der Waals surface area contributed by atoms with E-state index in [1.165, 1.54) is 5.01 Å². The van der Waals surface area contributed by atoms with Crippen LogP contribution in [0.15, 0.2) is 90.0 Å². The highest BCUT2D eigenvalue weighted by molar-refractivity contribution is 6.03. The number of anilines is 1. The van der Waals surface area contributed by atoms with Crippen LogP contribution in [0.25, 0.3) is 0 Å². The second-order valence-electron chi connectivity index (χ2n) is 7.56. The van der Waals surface area contributed by atoms with Crippen LogP contribution in [-0.2, 0) is 9.59 Å². The van der Waals surface area contributed by atoms with Crippen LogP contribution in [0.3, 0.4) is 0 Å². The summed E-state index contributed by atoms with van der Waals surface area (Å²) in [6, 6.07) is 26.5. The van der Waals surface area contributed by atoms with E-state index in [-0.39, 0.29) is 30.7 Å². The van der Waals surface area contributed by atoms with E-state index in [4.69, 9.17) is 4.74 Å². The van der Waals surface area contributed by atoms with Gasteiger partial charge in [-0.2, -0.15) is 5.10 Å². The van der Waals surface area contributed by atoms with Crippen molar-refractivity contribution in [2.45, 2.75) is 25.3 Å². The molecule has 0 fully saturated rings. The van der Waals surface area contributed by atoms with Gasteiger partial charge in [0.1, 0.15) is 5.75 Å². The number of methoxy groups -OCH3 is 1. The van der Waals surface area contributed by atoms with Gasteiger partial charge in [-0.25, -0.2) is 5.01 Å². The van der Waals surface area contributed by atoms with Crippen LogP contribution < -0.4 is 10.1 Å². The predicted octanol–water partition coefficient (Wildman–Crippen LogP) is 4.79. The van der Waals surface area contributed by atoms with Crippen molar-refractivity contribution in [2.24, 2.45) is 5.10 Å². The molecule has 2 amide bonds. The van der Waals surface area contributed by atoms with Gasteiger partial charge >= 0.3 is 0 Å². The first-order chi connectivity index (χ1) is 15.6. The van der Waals surface area contributed by atoms with Crippen LogP contribution in [-0.4, -0.2) is 29.6 Å². The molecule has 0 aliphatic carbocycles. The zero-order valence-electron chi connectivity index (χ0n) is 17.9. The lowest BCUT2D eigenvalue weighted by Gasteiger charge is -2.22. The molecule has 1 atom stereocenters. The molecule has 0 saturated heterocycles. The lowest BCUT2D eigenvalue weighted by molar-refractivity contribution is -0.134. The number of para-hydroxylation sites is 1. The Morgan fingerprint density at radius 1 is 0.938 bits per heavy atom. The fraction of sp³-hybridized carbons (Fsp3) is 0.192. The largest absolute Gasteiger partial charge is 0.497 e. The minimum Gasteiger partial charge on any atom is -0.497 e. The van der Waals surface area contributed by atoms with Gasteiger partial charge in [-0.1, -0.05) is 60.7 Å². The Labute approximate surface area is 187 Å². The summed E-state index contributed by atoms with van der Waals surface area (Å²) in [4.78, 5) is 25.4. The van der Waals surface area contributed by atoms with E-state index in [1.54, 1.807) is 7.11 Å². The quantitative estimate of drug-likeness (QED) is 0.589. The highest BCUT2D eigenvalue weighted by Crippen LogP contribution is 2.34. The van der Waals surface area contributed by atoms with E-state index in [0.717, 1.165) is 22.6 Å². The van der Waals surface area contributed by atoms with Crippen LogP contribution in [0, 0.1) is 0 Å². The maximum Gasteiger partial charge on any atom is 0.243 e. The molecule has 6 nitrogen and oxygen atoms in total. The SMILES string of the molecule is COc1ccc(C2CC(c3ccccc3)=NN2C(=O)CCC(=O)Nc2ccccc2)cc1. The number of carbonyl (C=O) groups excluding carboxylic acids is 2. The number of amides is 2. The molecule has 1 heterocycles. The Kier molecular flexibility index (Phi) is 6.60. The minimum absolute atomic E-state index is 0.0802. The van der Waals surface area contributed by atoms with Gasteiger partial charge in [-0.3, -0.25) is 9.59 Å². The number of nitrogens with one attached hydrogen (secondary N) is 1. The second kappa shape index (κ2) is 9.92. The van der Waals surface area contributed by atoms with Gasteiger partial charge in [0.15, 0.2) is 0 Å². The third kappa shape index (κ3) is 5.03. The monoisotopic (exact) mass is 427 g/mol. The molecule has 32 heavy (non-hydrogen) atoms. The van der Waals surface area contributed by atoms with E-state index < -0.39 is 0 Å². The van der Waals surface area contributed by atoms with Gasteiger partial charge in [-0.15, -0.1) is 0 Å². The smallest absolute Gasteiger partial charge is 0.243 e. The topological polar surface area (TPSA) is 71.0 Å². The number of hydrogen-bond donors (Lipinski definition) is 1. The first-order valence-corrected chi connectivity index (χ1v) is 10.6. The summed E-state index contributed by atoms with van der Waals surface area (Å²) in [6.45, 7) is 0. The molecule has 0 aromatic heterocycles. The van der Waals surface area contributed by atoms with Crippen molar-refractivity contribution in [1.29, 1.82) is 0 Å². The molecule has 3 aromatic carbocycles. The third-order valence-corrected chi connectivity index (χ3v) is 5.40. The average molecular weight is 428 g/mol. The van der Waals surface area contributed by atoms with Gasteiger partial charge in [-0.05, 0) is 35.4 Å². The summed E-state index contributed by atoms with van der Waals surface area (Å²) < 4.78 is 5.26. The summed E-state index contributed by atoms with van der Waals surface area (Å²) >= 11 is 0. The van der Waals surface area contributed by atoms with E-state index in [1.807, 2.05) is 84.9 Å². The summed E-state index contributed by atoms with van der Waals surface area (Å²) in [5.74, 6) is 0.378. The first kappa shape index (κ1) is 21.3. The fourth-order valence-corrected chi connectivity index (χ4v) is 3.71. The highest BCUT2D eigenvalue weighted by atomic mass is 16.5. The maximum absolute atomic E-state index is 13.1. The van der Waals surface area contributed by atoms with Crippen molar-refractivity contribution in [3.63, 3.8) is 0 Å². The molecule has 1 aliphatic rings. The summed E-state index contributed by atoms with van der Waals surface area (Å²) in [7, 11) is 1.62. The van der Waals surface area contributed by atoms with Gasteiger partial charge in [0.2, 0.25) is 11.8 Å². The van der Waals surface area contributed by atoms with E-state index in [2.05, 4.69) is 10.4 Å². The maximum atomic E-state index is 13.1. The van der Waals surface area contributed by atoms with Crippen molar-refractivity contribution >= 4 is 23.2 Å². The molecule has 6 heteroatoms. The lowest BCUT2D eigenvalue weighted by Crippen LogP contribution is -2.28. The molecule has 1 N–H and O–H groups in total. The average Bonchev–Trinajstić information content (AvgIpc) is 3.29. The fourth-order valence-electron chi connectivity index (χ4n) is 3.71. The summed E-state index contributed by atoms with van der Waals surface area (Å²) in [5, 5.41) is 9.00. The molecule has 0 saturated carbocycles. The summed E-state index contributed by atoms with van der Waals surface area (Å²) in [6.07, 6.45) is 0.783. The Balaban J connectivity index is 1.49. The zero-order chi connectivity index (χ0) is 22.3. The van der Waals surface area contributed by atoms with E-state index >= 15 is 0 Å². The molecule has 162 valence electrons. The van der Waals surface area contributed by atoms with Gasteiger partial charge in [0.25, 0.3) is 0 Å². The molecule has 4 rings (SSSR count). The van der Waals surface area contributed by atoms with E-state index in [0.29, 0.717) is 12.1 Å². The van der Waals surface area contributed by atoms with Gasteiger partial charge < -0.3 is 10.1 Å². The van der Waals surface area contributed by atoms with Crippen molar-refractivity contribution in [3.05, 3.63) is 96.1 Å². The van der Waals surface area contributed by atoms with Crippen molar-refractivity contribution in [1.82, 2.24) is 5.01 Å². The minimum atomic E-state index is -0.221. The van der Waals surface area contributed by atoms with Crippen molar-refractivity contribution < 1.29 is 14.3 Å². The Hall–Kier alpha value is -3.93. The number of carbonyl (C=O) groups is 2. The van der Waals surface area contributed by atoms with Crippen molar-refractivity contribution in [2.75, 3.05) is 12.4 Å². The van der Waals surface area contributed by atoms with Crippen LogP contribution in [0.2, 0.25) is 0 Å². The zero-order valence-corrected chi connectivity index (χ0v) is 17.9. The van der Waals surface area contributed by atoms with Crippen molar-refractivity contribution in [3.8, 4) is 5.75 Å². The molecule has 0 spiro atoms. The van der Waals surface area contributed by atoms with Crippen LogP contribution in [0.5, 0.6) is 5.75 Å². The van der Waals surface area contributed by atoms with Gasteiger partial charge in [0, 0.05) is 24.9 Å². The van der Waals surface area contributed by atoms with Crippen LogP contribution in [0.4, 0.5) is 5.69 Å². The van der Waals surface area contributed by atoms with Crippen LogP contribution >= 0.6 is 0 Å². The van der Waals surface area contributed by atoms with Crippen LogP contribution in [0.1, 0.15) is 36.4 Å². The first-order valence-electron chi connectivity index (χ1n) is 10.6. The van der Waals surface area contributed by atoms with E-state index in [9.17, 15) is 9.59 Å². The molecule has 0 bridgehead atoms. The number of ether oxygens (including phenoxy) is 1. The normalized spacial score (nSPS) is 15.2. The number of hydrazone groups is 1. The molecular formula is C26H25N3O3. The number of nitrogens with zero attached hydrogens (tertiary/aromatic N) is 2. The third-order valence-electron chi connectivity index (χ3n) is 5.40. The molecular weight excluding hydrogens is 402 g/mol. The number of benzene rings is 3. The Morgan fingerprint density at radius 3 is 2.25 bits per heavy atom. The highest BCUT2D eigenvalue weighted by Gasteiger charge is 2.33. The van der Waals surface area contributed by atoms with Gasteiger partial charge in [0.05, 0.1) is 18.9 Å². The lowest BCUT2D eigenvalue weighted by atomic mass is 9.98. The molecule has 3 aromatic rings. The molecule has 0 radical (unpaired) electrons. The number of rotatable bonds is 7. The number of hydrogen-bond acceptors (Lipinski definition) is 4. The Morgan fingerprint density at radius 2 is 1.59 bits per heavy atom. The predicted molar refractivity (Wildman–Crippen MR) is 124 cm³/mol. The molecule has 1 unspecified atom stereocenters. The standard InChI is InChI=1S/C26H25N3O3/c1-32-22-14-12-20(13-15-22)24-18-23(19-8-4-2-5-9-19)28-29(24)26(31)17-16-25(30)27-21-10-6-3-7-11-21/h2-15,24H,16-18H2,1H3,(H,27,30). The second-order valence-corrected chi connectivity index (χ2v) is 7.56. The summed E-state index contributed by atoms with van der Waals surface area (Å²) in [5.41, 5.74) is 3.53.